The average Bonchev–Trinajstić information content (AvgIpc) is 3.93. The van der Waals surface area contributed by atoms with Crippen molar-refractivity contribution in [2.24, 2.45) is 0 Å². The predicted molar refractivity (Wildman–Crippen MR) is 264 cm³/mol. The van der Waals surface area contributed by atoms with Crippen LogP contribution in [0.15, 0.2) is 167 Å². The van der Waals surface area contributed by atoms with Crippen LogP contribution in [0, 0.1) is 6.92 Å². The van der Waals surface area contributed by atoms with Crippen LogP contribution in [0.4, 0.5) is 0 Å². The van der Waals surface area contributed by atoms with Gasteiger partial charge >= 0.3 is 11.3 Å². The summed E-state index contributed by atoms with van der Waals surface area (Å²) in [4.78, 5) is 49.6. The number of hydrogen-bond donors (Lipinski definition) is 2. The van der Waals surface area contributed by atoms with Gasteiger partial charge in [0.25, 0.3) is 5.56 Å². The van der Waals surface area contributed by atoms with Crippen LogP contribution in [-0.2, 0) is 24.2 Å². The summed E-state index contributed by atoms with van der Waals surface area (Å²) >= 11 is 2.72. The number of aliphatic hydroxyl groups is 1. The van der Waals surface area contributed by atoms with Gasteiger partial charge in [0.05, 0.1) is 17.7 Å². The number of hydrogen-bond acceptors (Lipinski definition) is 12. The minimum Gasteiger partial charge on any atom is -0.403 e. The lowest BCUT2D eigenvalue weighted by Crippen LogP contribution is -2.20. The van der Waals surface area contributed by atoms with E-state index < -0.39 is 13.5 Å². The maximum Gasteiger partial charge on any atom is 0.337 e. The van der Waals surface area contributed by atoms with Crippen molar-refractivity contribution in [3.05, 3.63) is 187 Å². The molecule has 0 bridgehead atoms. The number of aliphatic hydroxyl groups excluding tert-OH is 1. The third-order valence-corrected chi connectivity index (χ3v) is 13.1. The van der Waals surface area contributed by atoms with Crippen molar-refractivity contribution in [1.82, 2.24) is 19.9 Å². The Bertz CT molecular complexity index is 2720. The monoisotopic (exact) mass is 916 g/mol. The lowest BCUT2D eigenvalue weighted by molar-refractivity contribution is 0.198. The highest BCUT2D eigenvalue weighted by Gasteiger charge is 2.15. The molecule has 332 valence electrons. The van der Waals surface area contributed by atoms with E-state index in [9.17, 15) is 14.4 Å². The summed E-state index contributed by atoms with van der Waals surface area (Å²) in [5.74, 6) is 0. The van der Waals surface area contributed by atoms with E-state index in [1.54, 1.807) is 6.26 Å². The topological polar surface area (TPSA) is 161 Å². The first-order valence-corrected chi connectivity index (χ1v) is 24.6. The number of nitrogens with zero attached hydrogens (tertiary/aromatic N) is 3. The molecule has 1 saturated heterocycles. The Morgan fingerprint density at radius 3 is 1.47 bits per heavy atom. The lowest BCUT2D eigenvalue weighted by Gasteiger charge is -2.18. The first-order chi connectivity index (χ1) is 31.2. The Morgan fingerprint density at radius 2 is 1.08 bits per heavy atom. The first kappa shape index (κ1) is 49.3. The quantitative estimate of drug-likeness (QED) is 0.0849. The predicted octanol–water partition coefficient (Wildman–Crippen LogP) is 8.76. The molecule has 4 aromatic heterocycles. The van der Waals surface area contributed by atoms with Crippen LogP contribution in [0.2, 0.25) is 0 Å². The fraction of sp³-hybridized carbons (Fsp3) is 0.240. The molecule has 0 unspecified atom stereocenters. The number of rotatable bonds is 8. The van der Waals surface area contributed by atoms with Crippen LogP contribution in [-0.4, -0.2) is 50.8 Å². The molecule has 0 spiro atoms. The maximum atomic E-state index is 11.8. The van der Waals surface area contributed by atoms with Crippen molar-refractivity contribution in [2.45, 2.75) is 63.4 Å². The number of benzene rings is 4. The van der Waals surface area contributed by atoms with Crippen LogP contribution >= 0.6 is 31.4 Å². The van der Waals surface area contributed by atoms with Gasteiger partial charge in [-0.1, -0.05) is 159 Å². The molecule has 9 rings (SSSR count). The van der Waals surface area contributed by atoms with Crippen LogP contribution in [0.25, 0.3) is 22.2 Å². The summed E-state index contributed by atoms with van der Waals surface area (Å²) in [6.07, 6.45) is 7.59. The van der Waals surface area contributed by atoms with Gasteiger partial charge in [0, 0.05) is 25.3 Å². The number of aromatic nitrogens is 4. The molecule has 14 heteroatoms. The maximum absolute atomic E-state index is 11.8. The minimum absolute atomic E-state index is 0.109. The van der Waals surface area contributed by atoms with Gasteiger partial charge in [-0.2, -0.15) is 9.97 Å². The smallest absolute Gasteiger partial charge is 0.337 e. The van der Waals surface area contributed by atoms with Crippen molar-refractivity contribution >= 4 is 69.6 Å². The third-order valence-electron chi connectivity index (χ3n) is 9.56. The molecule has 1 aliphatic rings. The largest absolute Gasteiger partial charge is 0.403 e. The van der Waals surface area contributed by atoms with Gasteiger partial charge in [-0.25, -0.2) is 14.6 Å². The van der Waals surface area contributed by atoms with Crippen molar-refractivity contribution in [1.29, 1.82) is 0 Å². The fourth-order valence-electron chi connectivity index (χ4n) is 6.45. The molecule has 0 aliphatic carbocycles. The molecular weight excluding hydrogens is 864 g/mol. The summed E-state index contributed by atoms with van der Waals surface area (Å²) in [5.41, 5.74) is 2.82. The van der Waals surface area contributed by atoms with E-state index in [1.807, 2.05) is 57.4 Å². The van der Waals surface area contributed by atoms with Crippen LogP contribution in [0.5, 0.6) is 0 Å². The zero-order valence-electron chi connectivity index (χ0n) is 36.7. The van der Waals surface area contributed by atoms with Gasteiger partial charge in [-0.15, -0.1) is 0 Å². The Balaban J connectivity index is 0.000000159. The minimum atomic E-state index is -0.477. The Hall–Kier alpha value is -5.69. The Labute approximate surface area is 382 Å². The summed E-state index contributed by atoms with van der Waals surface area (Å²) in [6, 6.07) is 44.7. The van der Waals surface area contributed by atoms with Crippen LogP contribution in [0.3, 0.4) is 0 Å². The number of nitrogens with one attached hydrogen (secondary N) is 1. The van der Waals surface area contributed by atoms with Gasteiger partial charge in [0.15, 0.2) is 10.3 Å². The van der Waals surface area contributed by atoms with Gasteiger partial charge in [-0.3, -0.25) is 4.79 Å². The SMILES string of the molecule is C1CCOC1.CCc1cc(=O)oc2nc(SC)[nH]c(=O)c12.CCc1cc(=O)oc2nc(SC)nc(C)c12.OCc1ccccc1.c1ccc(P(c2ccccc2)c2ccccc2)cc1. The van der Waals surface area contributed by atoms with Gasteiger partial charge in [0.1, 0.15) is 5.39 Å². The second-order valence-electron chi connectivity index (χ2n) is 13.9. The van der Waals surface area contributed by atoms with E-state index in [-0.39, 0.29) is 23.5 Å². The molecule has 0 radical (unpaired) electrons. The molecule has 0 amide bonds. The van der Waals surface area contributed by atoms with Crippen LogP contribution < -0.4 is 32.7 Å². The normalized spacial score (nSPS) is 11.6. The zero-order valence-corrected chi connectivity index (χ0v) is 39.2. The summed E-state index contributed by atoms with van der Waals surface area (Å²) < 4.78 is 15.0. The van der Waals surface area contributed by atoms with E-state index in [0.717, 1.165) is 41.8 Å². The first-order valence-electron chi connectivity index (χ1n) is 20.8. The molecule has 5 heterocycles. The summed E-state index contributed by atoms with van der Waals surface area (Å²) in [5, 5.41) is 15.0. The van der Waals surface area contributed by atoms with E-state index in [2.05, 4.69) is 111 Å². The number of aromatic amines is 1. The molecule has 1 aliphatic heterocycles. The summed E-state index contributed by atoms with van der Waals surface area (Å²) in [7, 11) is -0.446. The van der Waals surface area contributed by atoms with Gasteiger partial charge in [0.2, 0.25) is 11.4 Å². The number of aryl methyl sites for hydroxylation is 3. The number of thioether (sulfide) groups is 2. The highest BCUT2D eigenvalue weighted by Crippen LogP contribution is 2.32. The van der Waals surface area contributed by atoms with Crippen molar-refractivity contribution in [3.63, 3.8) is 0 Å². The second-order valence-corrected chi connectivity index (χ2v) is 17.7. The molecular formula is C50H53N4O7PS2. The molecule has 0 atom stereocenters. The standard InChI is InChI=1S/C18H15P.C11H12N2O2S.C10H10N2O3S.C7H8O.C4H8O/c1-4-10-16(11-5-1)19(17-12-6-2-7-13-17)18-14-8-3-9-15-18;1-4-7-5-8(14)15-10-9(7)6(2)12-11(13-10)16-3;1-3-5-4-6(13)15-9-7(5)8(14)11-10(12-9)16-2;8-6-7-4-2-1-3-5-7;1-2-4-5-3-1/h1-15H;5H,4H2,1-3H3;4H,3H2,1-2H3,(H,11,12,14);1-5,8H,6H2;1-4H2. The Kier molecular flexibility index (Phi) is 20.2. The third kappa shape index (κ3) is 14.4. The molecule has 1 fully saturated rings. The number of fused-ring (bicyclic) bond motifs is 2. The fourth-order valence-corrected chi connectivity index (χ4v) is 9.53. The van der Waals surface area contributed by atoms with Crippen molar-refractivity contribution in [2.75, 3.05) is 25.7 Å². The number of ether oxygens (including phenoxy) is 1. The molecule has 64 heavy (non-hydrogen) atoms. The van der Waals surface area contributed by atoms with E-state index >= 15 is 0 Å². The van der Waals surface area contributed by atoms with E-state index in [4.69, 9.17) is 18.7 Å². The van der Waals surface area contributed by atoms with E-state index in [0.29, 0.717) is 33.4 Å². The lowest BCUT2D eigenvalue weighted by atomic mass is 10.1. The van der Waals surface area contributed by atoms with Crippen molar-refractivity contribution in [3.8, 4) is 0 Å². The van der Waals surface area contributed by atoms with Gasteiger partial charge in [-0.05, 0) is 85.6 Å². The molecule has 0 saturated carbocycles. The molecule has 11 nitrogen and oxygen atoms in total. The van der Waals surface area contributed by atoms with Crippen molar-refractivity contribution < 1.29 is 18.7 Å². The molecule has 8 aromatic rings. The Morgan fingerprint density at radius 1 is 0.625 bits per heavy atom. The summed E-state index contributed by atoms with van der Waals surface area (Å²) in [6.45, 7) is 7.91. The van der Waals surface area contributed by atoms with E-state index in [1.165, 1.54) is 64.4 Å². The van der Waals surface area contributed by atoms with Crippen LogP contribution in [0.1, 0.15) is 49.1 Å². The molecule has 4 aromatic carbocycles. The second kappa shape index (κ2) is 26.2. The highest BCUT2D eigenvalue weighted by molar-refractivity contribution is 7.98. The highest BCUT2D eigenvalue weighted by atomic mass is 32.2. The molecule has 2 N–H and O–H groups in total. The number of H-pyrrole nitrogens is 1. The zero-order chi connectivity index (χ0) is 45.7. The average molecular weight is 917 g/mol. The van der Waals surface area contributed by atoms with Gasteiger partial charge < -0.3 is 23.7 Å².